The fourth-order valence-electron chi connectivity index (χ4n) is 2.52. The molecule has 0 spiro atoms. The van der Waals surface area contributed by atoms with Crippen molar-refractivity contribution in [2.45, 2.75) is 10.6 Å². The Balaban J connectivity index is 1.80. The van der Waals surface area contributed by atoms with Gasteiger partial charge in [-0.2, -0.15) is 0 Å². The minimum absolute atomic E-state index is 0.297. The molecule has 1 N–H and O–H groups in total. The van der Waals surface area contributed by atoms with Crippen LogP contribution in [0.4, 0.5) is 5.69 Å². The molecule has 0 fully saturated rings. The molecule has 0 aliphatic rings. The molecule has 0 unspecified atom stereocenters. The van der Waals surface area contributed by atoms with Crippen molar-refractivity contribution in [3.63, 3.8) is 0 Å². The number of hydrogen-bond donors (Lipinski definition) is 1. The Kier molecular flexibility index (Phi) is 7.13. The summed E-state index contributed by atoms with van der Waals surface area (Å²) in [6.07, 6.45) is 0. The highest BCUT2D eigenvalue weighted by atomic mass is 35.5. The van der Waals surface area contributed by atoms with E-state index in [4.69, 9.17) is 39.5 Å². The van der Waals surface area contributed by atoms with Gasteiger partial charge < -0.3 is 10.1 Å². The molecule has 0 bridgehead atoms. The Hall–Kier alpha value is -1.85. The second-order valence-corrected chi connectivity index (χ2v) is 8.10. The predicted octanol–water partition coefficient (Wildman–Crippen LogP) is 7.20. The zero-order chi connectivity index (χ0) is 20.1. The van der Waals surface area contributed by atoms with Crippen LogP contribution in [-0.4, -0.2) is 13.0 Å². The molecule has 144 valence electrons. The summed E-state index contributed by atoms with van der Waals surface area (Å²) in [6.45, 7) is 0. The first-order valence-electron chi connectivity index (χ1n) is 8.28. The quantitative estimate of drug-likeness (QED) is 0.317. The Labute approximate surface area is 182 Å². The van der Waals surface area contributed by atoms with E-state index >= 15 is 0 Å². The van der Waals surface area contributed by atoms with Crippen molar-refractivity contribution in [2.75, 3.05) is 12.4 Å². The predicted molar refractivity (Wildman–Crippen MR) is 118 cm³/mol. The molecular weight excluding hydrogens is 437 g/mol. The molecule has 0 radical (unpaired) electrons. The number of nitrogens with one attached hydrogen (secondary N) is 1. The number of halogens is 3. The number of benzene rings is 3. The number of hydrogen-bond acceptors (Lipinski definition) is 3. The highest BCUT2D eigenvalue weighted by Crippen LogP contribution is 2.33. The molecule has 3 nitrogen and oxygen atoms in total. The lowest BCUT2D eigenvalue weighted by atomic mass is 10.1. The summed E-state index contributed by atoms with van der Waals surface area (Å²) in [6, 6.07) is 18.4. The fraction of sp³-hybridized carbons (Fsp3) is 0.0952. The lowest BCUT2D eigenvalue weighted by Crippen LogP contribution is -2.12. The molecule has 0 heterocycles. The fourth-order valence-corrected chi connectivity index (χ4v) is 4.01. The van der Waals surface area contributed by atoms with Gasteiger partial charge in [0.05, 0.1) is 27.9 Å². The number of amides is 1. The van der Waals surface area contributed by atoms with Crippen molar-refractivity contribution in [1.82, 2.24) is 0 Å². The monoisotopic (exact) mass is 451 g/mol. The van der Waals surface area contributed by atoms with Gasteiger partial charge in [0, 0.05) is 21.8 Å². The van der Waals surface area contributed by atoms with Gasteiger partial charge in [-0.1, -0.05) is 53.0 Å². The molecule has 0 atom stereocenters. The van der Waals surface area contributed by atoms with Crippen molar-refractivity contribution < 1.29 is 9.53 Å². The summed E-state index contributed by atoms with van der Waals surface area (Å²) in [7, 11) is 1.61. The third kappa shape index (κ3) is 5.15. The third-order valence-corrected chi connectivity index (χ3v) is 6.03. The van der Waals surface area contributed by atoms with Crippen LogP contribution in [0, 0.1) is 0 Å². The van der Waals surface area contributed by atoms with Gasteiger partial charge in [-0.15, -0.1) is 11.8 Å². The van der Waals surface area contributed by atoms with Crippen LogP contribution in [0.15, 0.2) is 65.6 Å². The Morgan fingerprint density at radius 2 is 1.68 bits per heavy atom. The number of carbonyl (C=O) groups is 1. The van der Waals surface area contributed by atoms with Crippen molar-refractivity contribution >= 4 is 58.2 Å². The maximum atomic E-state index is 12.7. The van der Waals surface area contributed by atoms with E-state index < -0.39 is 0 Å². The molecule has 3 rings (SSSR count). The zero-order valence-corrected chi connectivity index (χ0v) is 17.9. The average molecular weight is 453 g/mol. The van der Waals surface area contributed by atoms with Crippen LogP contribution in [0.1, 0.15) is 15.9 Å². The summed E-state index contributed by atoms with van der Waals surface area (Å²) in [5.74, 6) is 1.10. The van der Waals surface area contributed by atoms with E-state index in [9.17, 15) is 4.79 Å². The lowest BCUT2D eigenvalue weighted by molar-refractivity contribution is 0.102. The van der Waals surface area contributed by atoms with Crippen LogP contribution < -0.4 is 10.1 Å². The van der Waals surface area contributed by atoms with Gasteiger partial charge in [0.1, 0.15) is 5.75 Å². The maximum absolute atomic E-state index is 12.7. The van der Waals surface area contributed by atoms with Crippen molar-refractivity contribution in [1.29, 1.82) is 0 Å². The van der Waals surface area contributed by atoms with Crippen molar-refractivity contribution in [2.24, 2.45) is 0 Å². The summed E-state index contributed by atoms with van der Waals surface area (Å²) >= 11 is 19.8. The molecule has 0 aliphatic heterocycles. The van der Waals surface area contributed by atoms with Gasteiger partial charge >= 0.3 is 0 Å². The van der Waals surface area contributed by atoms with Crippen LogP contribution in [0.25, 0.3) is 0 Å². The van der Waals surface area contributed by atoms with Crippen molar-refractivity contribution in [3.8, 4) is 5.75 Å². The summed E-state index contributed by atoms with van der Waals surface area (Å²) < 4.78 is 5.44. The summed E-state index contributed by atoms with van der Waals surface area (Å²) in [5, 5.41) is 3.73. The third-order valence-electron chi connectivity index (χ3n) is 3.94. The van der Waals surface area contributed by atoms with Crippen LogP contribution in [-0.2, 0) is 5.75 Å². The molecule has 0 aromatic heterocycles. The van der Waals surface area contributed by atoms with E-state index in [2.05, 4.69) is 5.32 Å². The molecule has 28 heavy (non-hydrogen) atoms. The number of rotatable bonds is 6. The zero-order valence-electron chi connectivity index (χ0n) is 14.8. The van der Waals surface area contributed by atoms with Gasteiger partial charge in [-0.25, -0.2) is 0 Å². The van der Waals surface area contributed by atoms with Gasteiger partial charge in [-0.3, -0.25) is 4.79 Å². The molecule has 0 saturated carbocycles. The molecule has 0 aliphatic carbocycles. The number of carbonyl (C=O) groups excluding carboxylic acids is 1. The molecule has 3 aromatic carbocycles. The summed E-state index contributed by atoms with van der Waals surface area (Å²) in [4.78, 5) is 13.8. The van der Waals surface area contributed by atoms with E-state index in [0.717, 1.165) is 16.2 Å². The maximum Gasteiger partial charge on any atom is 0.255 e. The smallest absolute Gasteiger partial charge is 0.255 e. The highest BCUT2D eigenvalue weighted by molar-refractivity contribution is 7.98. The van der Waals surface area contributed by atoms with Crippen LogP contribution in [0.2, 0.25) is 15.1 Å². The summed E-state index contributed by atoms with van der Waals surface area (Å²) in [5.41, 5.74) is 1.81. The van der Waals surface area contributed by atoms with Gasteiger partial charge in [0.25, 0.3) is 5.91 Å². The van der Waals surface area contributed by atoms with Crippen LogP contribution in [0.5, 0.6) is 5.75 Å². The number of thioether (sulfide) groups is 1. The second kappa shape index (κ2) is 9.57. The molecule has 1 amide bonds. The van der Waals surface area contributed by atoms with Gasteiger partial charge in [-0.05, 0) is 42.5 Å². The van der Waals surface area contributed by atoms with E-state index in [0.29, 0.717) is 32.1 Å². The van der Waals surface area contributed by atoms with Crippen LogP contribution in [0.3, 0.4) is 0 Å². The minimum Gasteiger partial charge on any atom is -0.496 e. The first-order valence-corrected chi connectivity index (χ1v) is 10.4. The first kappa shape index (κ1) is 20.9. The minimum atomic E-state index is -0.297. The Morgan fingerprint density at radius 1 is 0.964 bits per heavy atom. The Bertz CT molecular complexity index is 996. The second-order valence-electron chi connectivity index (χ2n) is 5.83. The molecule has 7 heteroatoms. The van der Waals surface area contributed by atoms with Crippen LogP contribution >= 0.6 is 46.6 Å². The van der Waals surface area contributed by atoms with E-state index in [1.807, 2.05) is 36.4 Å². The van der Waals surface area contributed by atoms with E-state index in [1.54, 1.807) is 31.0 Å². The van der Waals surface area contributed by atoms with Gasteiger partial charge in [0.2, 0.25) is 0 Å². The largest absolute Gasteiger partial charge is 0.496 e. The normalized spacial score (nSPS) is 10.6. The van der Waals surface area contributed by atoms with Crippen molar-refractivity contribution in [3.05, 3.63) is 86.9 Å². The Morgan fingerprint density at radius 3 is 2.39 bits per heavy atom. The average Bonchev–Trinajstić information content (AvgIpc) is 2.71. The SMILES string of the molecule is COc1ccc(C(=O)Nc2cc(Cl)c(Cl)cc2Cl)cc1CSc1ccccc1. The highest BCUT2D eigenvalue weighted by Gasteiger charge is 2.14. The van der Waals surface area contributed by atoms with E-state index in [1.165, 1.54) is 12.1 Å². The van der Waals surface area contributed by atoms with E-state index in [-0.39, 0.29) is 5.91 Å². The number of methoxy groups -OCH3 is 1. The topological polar surface area (TPSA) is 38.3 Å². The number of ether oxygens (including phenoxy) is 1. The first-order chi connectivity index (χ1) is 13.5. The molecular formula is C21H16Cl3NO2S. The molecule has 0 saturated heterocycles. The van der Waals surface area contributed by atoms with Gasteiger partial charge in [0.15, 0.2) is 0 Å². The molecule has 3 aromatic rings. The standard InChI is InChI=1S/C21H16Cl3NO2S/c1-27-20-8-7-13(9-14(20)12-28-15-5-3-2-4-6-15)21(26)25-19-11-17(23)16(22)10-18(19)24/h2-11H,12H2,1H3,(H,25,26). The lowest BCUT2D eigenvalue weighted by Gasteiger charge is -2.12. The number of anilines is 1.